The number of rotatable bonds is 6. The second-order valence-electron chi connectivity index (χ2n) is 8.48. The molecule has 0 atom stereocenters. The van der Waals surface area contributed by atoms with E-state index in [1.807, 2.05) is 33.0 Å². The van der Waals surface area contributed by atoms with Gasteiger partial charge in [0.05, 0.1) is 22.7 Å². The van der Waals surface area contributed by atoms with Crippen molar-refractivity contribution in [1.82, 2.24) is 14.8 Å². The number of hydrogen-bond acceptors (Lipinski definition) is 3. The first-order valence-corrected chi connectivity index (χ1v) is 11.3. The van der Waals surface area contributed by atoms with Crippen LogP contribution >= 0.6 is 0 Å². The summed E-state index contributed by atoms with van der Waals surface area (Å²) in [5.74, 6) is 0.620. The third-order valence-electron chi connectivity index (χ3n) is 5.97. The molecule has 3 aromatic carbocycles. The largest absolute Gasteiger partial charge is 0.474 e. The van der Waals surface area contributed by atoms with Gasteiger partial charge in [0, 0.05) is 6.20 Å². The first-order valence-electron chi connectivity index (χ1n) is 11.3. The fourth-order valence-corrected chi connectivity index (χ4v) is 4.68. The molecule has 33 heavy (non-hydrogen) atoms. The van der Waals surface area contributed by atoms with Crippen molar-refractivity contribution in [3.63, 3.8) is 0 Å². The minimum Gasteiger partial charge on any atom is -0.474 e. The summed E-state index contributed by atoms with van der Waals surface area (Å²) in [6.07, 6.45) is 1.83. The number of ether oxygens (including phenoxy) is 1. The normalized spacial score (nSPS) is 11.8. The molecule has 0 unspecified atom stereocenters. The summed E-state index contributed by atoms with van der Waals surface area (Å²) in [5.41, 5.74) is 4.60. The van der Waals surface area contributed by atoms with Gasteiger partial charge in [0.2, 0.25) is 5.88 Å². The molecule has 2 heterocycles. The number of aryl methyl sites for hydroxylation is 1. The van der Waals surface area contributed by atoms with E-state index >= 15 is 0 Å². The lowest BCUT2D eigenvalue weighted by atomic mass is 9.77. The zero-order valence-electron chi connectivity index (χ0n) is 19.1. The van der Waals surface area contributed by atoms with Crippen LogP contribution in [0.2, 0.25) is 0 Å². The lowest BCUT2D eigenvalue weighted by molar-refractivity contribution is 0.236. The first kappa shape index (κ1) is 21.0. The van der Waals surface area contributed by atoms with Crippen molar-refractivity contribution >= 4 is 10.9 Å². The molecule has 4 nitrogen and oxygen atoms in total. The predicted molar refractivity (Wildman–Crippen MR) is 133 cm³/mol. The molecule has 2 aromatic heterocycles. The van der Waals surface area contributed by atoms with Crippen LogP contribution in [-0.4, -0.2) is 20.9 Å². The Balaban J connectivity index is 1.94. The number of hydrogen-bond donors (Lipinski definition) is 0. The van der Waals surface area contributed by atoms with E-state index in [0.29, 0.717) is 5.88 Å². The highest BCUT2D eigenvalue weighted by atomic mass is 16.5. The van der Waals surface area contributed by atoms with Crippen LogP contribution in [0, 0.1) is 6.92 Å². The van der Waals surface area contributed by atoms with Crippen LogP contribution in [0.5, 0.6) is 5.88 Å². The van der Waals surface area contributed by atoms with Gasteiger partial charge in [-0.15, -0.1) is 0 Å². The van der Waals surface area contributed by atoms with Gasteiger partial charge >= 0.3 is 0 Å². The lowest BCUT2D eigenvalue weighted by Gasteiger charge is -2.37. The maximum atomic E-state index is 6.09. The van der Waals surface area contributed by atoms with Gasteiger partial charge in [0.15, 0.2) is 0 Å². The molecule has 0 bridgehead atoms. The molecule has 0 spiro atoms. The van der Waals surface area contributed by atoms with Crippen LogP contribution in [0.25, 0.3) is 10.9 Å². The molecule has 0 radical (unpaired) electrons. The number of aromatic nitrogens is 3. The van der Waals surface area contributed by atoms with E-state index in [4.69, 9.17) is 9.84 Å². The summed E-state index contributed by atoms with van der Waals surface area (Å²) in [4.78, 5) is 4.55. The van der Waals surface area contributed by atoms with Gasteiger partial charge in [0.1, 0.15) is 5.54 Å². The molecule has 0 N–H and O–H groups in total. The molecule has 5 rings (SSSR count). The summed E-state index contributed by atoms with van der Waals surface area (Å²) >= 11 is 0. The van der Waals surface area contributed by atoms with Crippen molar-refractivity contribution in [2.75, 3.05) is 0 Å². The second-order valence-corrected chi connectivity index (χ2v) is 8.48. The quantitative estimate of drug-likeness (QED) is 0.292. The Morgan fingerprint density at radius 1 is 0.727 bits per heavy atom. The van der Waals surface area contributed by atoms with Gasteiger partial charge in [-0.05, 0) is 43.5 Å². The zero-order valence-corrected chi connectivity index (χ0v) is 19.1. The van der Waals surface area contributed by atoms with Crippen molar-refractivity contribution in [3.05, 3.63) is 126 Å². The Hall–Kier alpha value is -3.92. The second kappa shape index (κ2) is 8.55. The Morgan fingerprint density at radius 3 is 1.67 bits per heavy atom. The smallest absolute Gasteiger partial charge is 0.225 e. The lowest BCUT2D eigenvalue weighted by Crippen LogP contribution is -2.38. The molecule has 0 amide bonds. The van der Waals surface area contributed by atoms with Crippen LogP contribution in [0.15, 0.2) is 103 Å². The molecular formula is C29H27N3O. The predicted octanol–water partition coefficient (Wildman–Crippen LogP) is 6.37. The SMILES string of the molecule is Cc1nn(C(c2ccccc2)(c2ccccc2)c2ccccc2)c2ccnc(OC(C)C)c12. The van der Waals surface area contributed by atoms with Crippen molar-refractivity contribution < 1.29 is 4.74 Å². The van der Waals surface area contributed by atoms with Gasteiger partial charge in [-0.25, -0.2) is 9.67 Å². The summed E-state index contributed by atoms with van der Waals surface area (Å²) in [5, 5.41) is 6.10. The summed E-state index contributed by atoms with van der Waals surface area (Å²) in [6, 6.07) is 33.8. The third kappa shape index (κ3) is 3.48. The highest BCUT2D eigenvalue weighted by Gasteiger charge is 2.41. The summed E-state index contributed by atoms with van der Waals surface area (Å²) in [6.45, 7) is 6.06. The minimum absolute atomic E-state index is 0.0213. The van der Waals surface area contributed by atoms with E-state index in [-0.39, 0.29) is 6.10 Å². The fourth-order valence-electron chi connectivity index (χ4n) is 4.68. The number of benzene rings is 3. The van der Waals surface area contributed by atoms with Crippen molar-refractivity contribution in [2.45, 2.75) is 32.4 Å². The van der Waals surface area contributed by atoms with E-state index in [0.717, 1.165) is 33.3 Å². The Kier molecular flexibility index (Phi) is 5.43. The molecule has 5 aromatic rings. The van der Waals surface area contributed by atoms with Gasteiger partial charge in [-0.3, -0.25) is 0 Å². The van der Waals surface area contributed by atoms with Crippen LogP contribution < -0.4 is 4.74 Å². The first-order chi connectivity index (χ1) is 16.1. The van der Waals surface area contributed by atoms with Crippen LogP contribution in [-0.2, 0) is 5.54 Å². The van der Waals surface area contributed by atoms with E-state index in [2.05, 4.69) is 101 Å². The molecule has 0 saturated carbocycles. The molecule has 0 saturated heterocycles. The standard InChI is InChI=1S/C29H27N3O/c1-21(2)33-28-27-22(3)31-32(26(27)19-20-30-28)29(23-13-7-4-8-14-23,24-15-9-5-10-16-24)25-17-11-6-12-18-25/h4-21H,1-3H3. The topological polar surface area (TPSA) is 39.9 Å². The molecule has 0 aliphatic rings. The average molecular weight is 434 g/mol. The van der Waals surface area contributed by atoms with Crippen molar-refractivity contribution in [2.24, 2.45) is 0 Å². The molecule has 0 aliphatic carbocycles. The summed E-state index contributed by atoms with van der Waals surface area (Å²) < 4.78 is 8.23. The number of nitrogens with zero attached hydrogens (tertiary/aromatic N) is 3. The molecule has 164 valence electrons. The van der Waals surface area contributed by atoms with Crippen LogP contribution in [0.3, 0.4) is 0 Å². The van der Waals surface area contributed by atoms with E-state index in [1.165, 1.54) is 0 Å². The monoisotopic (exact) mass is 433 g/mol. The minimum atomic E-state index is -0.674. The van der Waals surface area contributed by atoms with E-state index in [1.54, 1.807) is 0 Å². The molecule has 0 aliphatic heterocycles. The zero-order chi connectivity index (χ0) is 22.8. The maximum absolute atomic E-state index is 6.09. The summed E-state index contributed by atoms with van der Waals surface area (Å²) in [7, 11) is 0. The molecule has 0 fully saturated rings. The Labute approximate surface area is 194 Å². The fraction of sp³-hybridized carbons (Fsp3) is 0.172. The maximum Gasteiger partial charge on any atom is 0.225 e. The third-order valence-corrected chi connectivity index (χ3v) is 5.97. The highest BCUT2D eigenvalue weighted by molar-refractivity contribution is 5.87. The Morgan fingerprint density at radius 2 is 1.21 bits per heavy atom. The van der Waals surface area contributed by atoms with Crippen molar-refractivity contribution in [3.8, 4) is 5.88 Å². The highest BCUT2D eigenvalue weighted by Crippen LogP contribution is 2.43. The van der Waals surface area contributed by atoms with Gasteiger partial charge < -0.3 is 4.74 Å². The van der Waals surface area contributed by atoms with Crippen molar-refractivity contribution in [1.29, 1.82) is 0 Å². The Bertz CT molecular complexity index is 1260. The van der Waals surface area contributed by atoms with E-state index in [9.17, 15) is 0 Å². The van der Waals surface area contributed by atoms with E-state index < -0.39 is 5.54 Å². The van der Waals surface area contributed by atoms with Crippen LogP contribution in [0.4, 0.5) is 0 Å². The van der Waals surface area contributed by atoms with Gasteiger partial charge in [0.25, 0.3) is 0 Å². The number of fused-ring (bicyclic) bond motifs is 1. The van der Waals surface area contributed by atoms with Gasteiger partial charge in [-0.2, -0.15) is 5.10 Å². The number of pyridine rings is 1. The van der Waals surface area contributed by atoms with Crippen LogP contribution in [0.1, 0.15) is 36.2 Å². The average Bonchev–Trinajstić information content (AvgIpc) is 3.19. The molecular weight excluding hydrogens is 406 g/mol. The van der Waals surface area contributed by atoms with Gasteiger partial charge in [-0.1, -0.05) is 91.0 Å². The molecule has 4 heteroatoms.